The minimum absolute atomic E-state index is 0.0712. The molecule has 0 aliphatic carbocycles. The van der Waals surface area contributed by atoms with Gasteiger partial charge in [-0.15, -0.1) is 0 Å². The highest BCUT2D eigenvalue weighted by molar-refractivity contribution is 7.89. The lowest BCUT2D eigenvalue weighted by molar-refractivity contribution is 0.0453. The third-order valence-corrected chi connectivity index (χ3v) is 4.96. The smallest absolute Gasteiger partial charge is 0.438 e. The van der Waals surface area contributed by atoms with E-state index >= 15 is 0 Å². The topological polar surface area (TPSA) is 72.9 Å². The van der Waals surface area contributed by atoms with Crippen LogP contribution in [0, 0.1) is 6.92 Å². The second-order valence-electron chi connectivity index (χ2n) is 4.67. The number of benzene rings is 1. The average Bonchev–Trinajstić information content (AvgIpc) is 2.48. The van der Waals surface area contributed by atoms with Gasteiger partial charge in [0, 0.05) is 6.54 Å². The number of nitrogens with zero attached hydrogens (tertiary/aromatic N) is 1. The van der Waals surface area contributed by atoms with Crippen LogP contribution < -0.4 is 0 Å². The molecule has 0 spiro atoms. The van der Waals surface area contributed by atoms with E-state index in [1.807, 2.05) is 6.92 Å². The van der Waals surface area contributed by atoms with Crippen molar-refractivity contribution in [3.05, 3.63) is 42.0 Å². The third kappa shape index (κ3) is 3.62. The van der Waals surface area contributed by atoms with Crippen LogP contribution in [0.15, 0.2) is 41.3 Å². The summed E-state index contributed by atoms with van der Waals surface area (Å²) in [6.45, 7) is 2.21. The van der Waals surface area contributed by atoms with Crippen LogP contribution in [0.1, 0.15) is 5.56 Å². The Labute approximate surface area is 124 Å². The van der Waals surface area contributed by atoms with Crippen molar-refractivity contribution in [2.24, 2.45) is 0 Å². The van der Waals surface area contributed by atoms with Crippen LogP contribution >= 0.6 is 0 Å². The minimum atomic E-state index is -3.60. The molecule has 1 atom stereocenters. The molecule has 1 heterocycles. The average molecular weight is 311 g/mol. The lowest BCUT2D eigenvalue weighted by Crippen LogP contribution is -2.41. The number of ether oxygens (including phenoxy) is 2. The third-order valence-electron chi connectivity index (χ3n) is 3.12. The van der Waals surface area contributed by atoms with E-state index in [2.05, 4.69) is 4.74 Å². The monoisotopic (exact) mass is 311 g/mol. The van der Waals surface area contributed by atoms with Crippen LogP contribution in [0.5, 0.6) is 0 Å². The molecule has 0 aromatic heterocycles. The molecule has 6 nitrogen and oxygen atoms in total. The van der Waals surface area contributed by atoms with Crippen molar-refractivity contribution in [1.82, 2.24) is 4.31 Å². The summed E-state index contributed by atoms with van der Waals surface area (Å²) in [6.07, 6.45) is 1.83. The summed E-state index contributed by atoms with van der Waals surface area (Å²) in [5, 5.41) is 0. The van der Waals surface area contributed by atoms with Crippen LogP contribution in [-0.4, -0.2) is 45.2 Å². The number of sulfonamides is 1. The summed E-state index contributed by atoms with van der Waals surface area (Å²) in [6, 6.07) is 6.63. The molecular weight excluding hydrogens is 294 g/mol. The minimum Gasteiger partial charge on any atom is -0.438 e. The van der Waals surface area contributed by atoms with Gasteiger partial charge in [-0.05, 0) is 25.1 Å². The normalized spacial score (nSPS) is 19.2. The van der Waals surface area contributed by atoms with E-state index in [1.165, 1.54) is 11.4 Å². The van der Waals surface area contributed by atoms with Crippen LogP contribution in [0.3, 0.4) is 0 Å². The Morgan fingerprint density at radius 1 is 1.29 bits per heavy atom. The molecule has 114 valence electrons. The number of carbonyl (C=O) groups excluding carboxylic acids is 1. The Morgan fingerprint density at radius 3 is 2.57 bits per heavy atom. The highest BCUT2D eigenvalue weighted by Gasteiger charge is 2.29. The fraction of sp³-hybridized carbons (Fsp3) is 0.357. The molecule has 1 aromatic rings. The Hall–Kier alpha value is -1.86. The fourth-order valence-corrected chi connectivity index (χ4v) is 3.37. The van der Waals surface area contributed by atoms with Gasteiger partial charge < -0.3 is 9.47 Å². The predicted octanol–water partition coefficient (Wildman–Crippen LogP) is 1.71. The van der Waals surface area contributed by atoms with Gasteiger partial charge in [0.15, 0.2) is 0 Å². The molecule has 0 amide bonds. The van der Waals surface area contributed by atoms with Crippen molar-refractivity contribution in [1.29, 1.82) is 0 Å². The first-order chi connectivity index (χ1) is 9.93. The number of carbonyl (C=O) groups is 1. The van der Waals surface area contributed by atoms with Gasteiger partial charge in [0.1, 0.15) is 6.10 Å². The molecule has 0 saturated carbocycles. The van der Waals surface area contributed by atoms with Gasteiger partial charge in [-0.25, -0.2) is 13.2 Å². The van der Waals surface area contributed by atoms with Crippen LogP contribution in [0.2, 0.25) is 0 Å². The number of hydrogen-bond donors (Lipinski definition) is 0. The van der Waals surface area contributed by atoms with Crippen LogP contribution in [-0.2, 0) is 19.5 Å². The molecule has 0 radical (unpaired) electrons. The Balaban J connectivity index is 2.16. The van der Waals surface area contributed by atoms with Crippen molar-refractivity contribution in [2.75, 3.05) is 20.2 Å². The lowest BCUT2D eigenvalue weighted by Gasteiger charge is -2.27. The molecule has 2 rings (SSSR count). The van der Waals surface area contributed by atoms with Gasteiger partial charge in [-0.1, -0.05) is 23.8 Å². The van der Waals surface area contributed by atoms with Crippen LogP contribution in [0.25, 0.3) is 0 Å². The van der Waals surface area contributed by atoms with Crippen molar-refractivity contribution in [3.63, 3.8) is 0 Å². The number of rotatable bonds is 3. The van der Waals surface area contributed by atoms with Gasteiger partial charge in [0.25, 0.3) is 0 Å². The Kier molecular flexibility index (Phi) is 4.64. The lowest BCUT2D eigenvalue weighted by atomic mass is 10.2. The number of methoxy groups -OCH3 is 1. The summed E-state index contributed by atoms with van der Waals surface area (Å²) >= 11 is 0. The van der Waals surface area contributed by atoms with Crippen molar-refractivity contribution in [2.45, 2.75) is 17.9 Å². The van der Waals surface area contributed by atoms with E-state index in [4.69, 9.17) is 4.74 Å². The zero-order valence-corrected chi connectivity index (χ0v) is 12.7. The molecule has 1 aromatic carbocycles. The van der Waals surface area contributed by atoms with Gasteiger partial charge >= 0.3 is 6.16 Å². The molecule has 0 bridgehead atoms. The van der Waals surface area contributed by atoms with E-state index in [0.29, 0.717) is 0 Å². The standard InChI is InChI=1S/C14H17NO5S/c1-11-5-7-13(8-6-11)21(17,18)15-9-3-4-12(10-15)20-14(16)19-2/h3-8,12H,9-10H2,1-2H3/t12-/m0/s1. The first-order valence-corrected chi connectivity index (χ1v) is 7.85. The summed E-state index contributed by atoms with van der Waals surface area (Å²) in [5.74, 6) is 0. The molecule has 7 heteroatoms. The zero-order valence-electron chi connectivity index (χ0n) is 11.9. The van der Waals surface area contributed by atoms with E-state index in [9.17, 15) is 13.2 Å². The van der Waals surface area contributed by atoms with Crippen LogP contribution in [0.4, 0.5) is 4.79 Å². The Bertz CT molecular complexity index is 636. The molecule has 0 fully saturated rings. The van der Waals surface area contributed by atoms with Gasteiger partial charge in [-0.2, -0.15) is 4.31 Å². The van der Waals surface area contributed by atoms with E-state index in [1.54, 1.807) is 36.4 Å². The highest BCUT2D eigenvalue weighted by atomic mass is 32.2. The molecule has 21 heavy (non-hydrogen) atoms. The molecule has 0 saturated heterocycles. The van der Waals surface area contributed by atoms with Gasteiger partial charge in [0.2, 0.25) is 10.0 Å². The highest BCUT2D eigenvalue weighted by Crippen LogP contribution is 2.19. The molecule has 1 aliphatic heterocycles. The zero-order chi connectivity index (χ0) is 15.5. The van der Waals surface area contributed by atoms with E-state index in [-0.39, 0.29) is 18.0 Å². The Morgan fingerprint density at radius 2 is 1.95 bits per heavy atom. The fourth-order valence-electron chi connectivity index (χ4n) is 1.97. The molecule has 1 aliphatic rings. The van der Waals surface area contributed by atoms with E-state index in [0.717, 1.165) is 5.56 Å². The SMILES string of the molecule is COC(=O)O[C@H]1C=CCN(S(=O)(=O)c2ccc(C)cc2)C1. The predicted molar refractivity (Wildman–Crippen MR) is 76.4 cm³/mol. The quantitative estimate of drug-likeness (QED) is 0.627. The van der Waals surface area contributed by atoms with Gasteiger partial charge in [0.05, 0.1) is 18.6 Å². The molecular formula is C14H17NO5S. The summed E-state index contributed by atoms with van der Waals surface area (Å²) in [5.41, 5.74) is 0.986. The van der Waals surface area contributed by atoms with E-state index < -0.39 is 22.3 Å². The van der Waals surface area contributed by atoms with Crippen molar-refractivity contribution >= 4 is 16.2 Å². The second-order valence-corrected chi connectivity index (χ2v) is 6.61. The van der Waals surface area contributed by atoms with Crippen molar-refractivity contribution < 1.29 is 22.7 Å². The maximum absolute atomic E-state index is 12.5. The number of aryl methyl sites for hydroxylation is 1. The second kappa shape index (κ2) is 6.28. The molecule has 0 N–H and O–H groups in total. The number of hydrogen-bond acceptors (Lipinski definition) is 5. The first kappa shape index (κ1) is 15.5. The maximum atomic E-state index is 12.5. The first-order valence-electron chi connectivity index (χ1n) is 6.41. The molecule has 0 unspecified atom stereocenters. The summed E-state index contributed by atoms with van der Waals surface area (Å²) < 4.78 is 35.7. The maximum Gasteiger partial charge on any atom is 0.508 e. The van der Waals surface area contributed by atoms with Crippen molar-refractivity contribution in [3.8, 4) is 0 Å². The summed E-state index contributed by atoms with van der Waals surface area (Å²) in [7, 11) is -2.40. The van der Waals surface area contributed by atoms with Gasteiger partial charge in [-0.3, -0.25) is 0 Å². The largest absolute Gasteiger partial charge is 0.508 e. The summed E-state index contributed by atoms with van der Waals surface area (Å²) in [4.78, 5) is 11.3.